The highest BCUT2D eigenvalue weighted by Gasteiger charge is 2.33. The third kappa shape index (κ3) is 10.4. The SMILES string of the molecule is Cn1c(=O)n(C2CCC(=O)NC2=O)c2ccc(C3CCN(CC(O)CCCCCCN(C(=O)OC(C)(C)C)C(=O)OC(C)(C)C)CC3)cc21. The average molecular weight is 686 g/mol. The van der Waals surface area contributed by atoms with E-state index in [1.165, 1.54) is 4.57 Å². The number of aliphatic hydroxyl groups is 1. The summed E-state index contributed by atoms with van der Waals surface area (Å²) < 4.78 is 13.9. The number of β-amino-alcohol motifs (C(OH)–C–C–N with tert-alkyl or cyclic N) is 1. The number of carbonyl (C=O) groups is 4. The fourth-order valence-electron chi connectivity index (χ4n) is 6.60. The summed E-state index contributed by atoms with van der Waals surface area (Å²) in [5.74, 6) is -0.423. The number of hydrogen-bond donors (Lipinski definition) is 2. The second kappa shape index (κ2) is 15.9. The topological polar surface area (TPSA) is 152 Å². The standard InChI is InChI=1S/C36H55N5O8/c1-35(2,3)48-33(46)40(34(47)49-36(4,5)6)19-11-9-8-10-12-26(42)23-39-20-17-24(18-21-39)25-13-14-27-29(22-25)38(7)32(45)41(27)28-15-16-30(43)37-31(28)44/h13-14,22,24,26,28,42H,8-12,15-21,23H2,1-7H3,(H,37,43,44). The van der Waals surface area contributed by atoms with Crippen LogP contribution >= 0.6 is 0 Å². The van der Waals surface area contributed by atoms with Gasteiger partial charge in [0.15, 0.2) is 0 Å². The second-order valence-electron chi connectivity index (χ2n) is 15.5. The quantitative estimate of drug-likeness (QED) is 0.246. The summed E-state index contributed by atoms with van der Waals surface area (Å²) in [6.45, 7) is 13.1. The summed E-state index contributed by atoms with van der Waals surface area (Å²) in [5, 5.41) is 13.1. The van der Waals surface area contributed by atoms with Crippen molar-refractivity contribution in [2.75, 3.05) is 26.2 Å². The molecule has 2 aliphatic heterocycles. The molecule has 2 aromatic rings. The number of fused-ring (bicyclic) bond motifs is 1. The summed E-state index contributed by atoms with van der Waals surface area (Å²) in [5.41, 5.74) is 0.885. The third-order valence-corrected chi connectivity index (χ3v) is 9.06. The first kappa shape index (κ1) is 38.1. The van der Waals surface area contributed by atoms with E-state index < -0.39 is 41.4 Å². The van der Waals surface area contributed by atoms with Gasteiger partial charge in [-0.15, -0.1) is 0 Å². The van der Waals surface area contributed by atoms with E-state index >= 15 is 0 Å². The summed E-state index contributed by atoms with van der Waals surface area (Å²) in [6, 6.07) is 5.31. The number of hydrogen-bond acceptors (Lipinski definition) is 9. The van der Waals surface area contributed by atoms with Gasteiger partial charge in [-0.25, -0.2) is 19.3 Å². The predicted molar refractivity (Wildman–Crippen MR) is 185 cm³/mol. The van der Waals surface area contributed by atoms with Crippen molar-refractivity contribution >= 4 is 35.0 Å². The number of nitrogens with one attached hydrogen (secondary N) is 1. The molecular weight excluding hydrogens is 630 g/mol. The maximum atomic E-state index is 13.1. The zero-order valence-corrected chi connectivity index (χ0v) is 30.3. The van der Waals surface area contributed by atoms with Crippen molar-refractivity contribution < 1.29 is 33.8 Å². The molecule has 0 radical (unpaired) electrons. The number of nitrogens with zero attached hydrogens (tertiary/aromatic N) is 4. The number of ether oxygens (including phenoxy) is 2. The van der Waals surface area contributed by atoms with Gasteiger partial charge in [0.05, 0.1) is 17.1 Å². The van der Waals surface area contributed by atoms with Gasteiger partial charge in [0.1, 0.15) is 17.2 Å². The van der Waals surface area contributed by atoms with Crippen LogP contribution in [0.5, 0.6) is 0 Å². The molecule has 0 aliphatic carbocycles. The monoisotopic (exact) mass is 685 g/mol. The van der Waals surface area contributed by atoms with E-state index in [9.17, 15) is 29.1 Å². The van der Waals surface area contributed by atoms with Crippen LogP contribution < -0.4 is 11.0 Å². The Balaban J connectivity index is 1.20. The highest BCUT2D eigenvalue weighted by Crippen LogP contribution is 2.31. The van der Waals surface area contributed by atoms with Crippen molar-refractivity contribution in [3.63, 3.8) is 0 Å². The minimum absolute atomic E-state index is 0.205. The number of aromatic nitrogens is 2. The van der Waals surface area contributed by atoms with Gasteiger partial charge in [-0.05, 0) is 110 Å². The number of aliphatic hydroxyl groups excluding tert-OH is 1. The molecule has 2 saturated heterocycles. The predicted octanol–water partition coefficient (Wildman–Crippen LogP) is 4.98. The first-order valence-electron chi connectivity index (χ1n) is 17.6. The highest BCUT2D eigenvalue weighted by atomic mass is 16.6. The molecule has 2 aliphatic rings. The molecule has 2 unspecified atom stereocenters. The number of piperidine rings is 2. The molecule has 3 heterocycles. The first-order valence-corrected chi connectivity index (χ1v) is 17.6. The molecule has 2 N–H and O–H groups in total. The lowest BCUT2D eigenvalue weighted by Gasteiger charge is -2.33. The van der Waals surface area contributed by atoms with Gasteiger partial charge in [-0.2, -0.15) is 0 Å². The van der Waals surface area contributed by atoms with Gasteiger partial charge in [0, 0.05) is 26.6 Å². The minimum atomic E-state index is -0.730. The minimum Gasteiger partial charge on any atom is -0.443 e. The molecule has 13 nitrogen and oxygen atoms in total. The van der Waals surface area contributed by atoms with Gasteiger partial charge in [0.2, 0.25) is 11.8 Å². The number of unbranched alkanes of at least 4 members (excludes halogenated alkanes) is 3. The molecule has 1 aromatic carbocycles. The molecule has 49 heavy (non-hydrogen) atoms. The van der Waals surface area contributed by atoms with E-state index in [4.69, 9.17) is 9.47 Å². The smallest absolute Gasteiger partial charge is 0.419 e. The summed E-state index contributed by atoms with van der Waals surface area (Å²) >= 11 is 0. The number of rotatable bonds is 11. The van der Waals surface area contributed by atoms with E-state index in [1.54, 1.807) is 53.2 Å². The molecule has 1 aromatic heterocycles. The molecular formula is C36H55N5O8. The maximum Gasteiger partial charge on any atom is 0.419 e. The van der Waals surface area contributed by atoms with E-state index in [0.29, 0.717) is 37.2 Å². The zero-order chi connectivity index (χ0) is 36.1. The van der Waals surface area contributed by atoms with E-state index in [1.807, 2.05) is 12.1 Å². The molecule has 0 bridgehead atoms. The number of imidazole rings is 1. The van der Waals surface area contributed by atoms with Gasteiger partial charge >= 0.3 is 17.9 Å². The third-order valence-electron chi connectivity index (χ3n) is 9.06. The van der Waals surface area contributed by atoms with Crippen LogP contribution in [0.2, 0.25) is 0 Å². The molecule has 0 saturated carbocycles. The number of benzene rings is 1. The van der Waals surface area contributed by atoms with Crippen molar-refractivity contribution in [3.05, 3.63) is 34.2 Å². The van der Waals surface area contributed by atoms with Gasteiger partial charge < -0.3 is 19.5 Å². The van der Waals surface area contributed by atoms with E-state index in [0.717, 1.165) is 61.2 Å². The Morgan fingerprint density at radius 1 is 0.918 bits per heavy atom. The van der Waals surface area contributed by atoms with E-state index in [-0.39, 0.29) is 24.6 Å². The van der Waals surface area contributed by atoms with Crippen LogP contribution in [-0.2, 0) is 26.1 Å². The number of amides is 4. The maximum absolute atomic E-state index is 13.1. The Bertz CT molecular complexity index is 1530. The molecule has 272 valence electrons. The lowest BCUT2D eigenvalue weighted by molar-refractivity contribution is -0.135. The Morgan fingerprint density at radius 3 is 2.12 bits per heavy atom. The number of carbonyl (C=O) groups excluding carboxylic acids is 4. The number of aryl methyl sites for hydroxylation is 1. The fraction of sp³-hybridized carbons (Fsp3) is 0.694. The van der Waals surface area contributed by atoms with Crippen LogP contribution in [0.25, 0.3) is 11.0 Å². The largest absolute Gasteiger partial charge is 0.443 e. The average Bonchev–Trinajstić information content (AvgIpc) is 3.24. The second-order valence-corrected chi connectivity index (χ2v) is 15.5. The van der Waals surface area contributed by atoms with Crippen LogP contribution in [0.3, 0.4) is 0 Å². The Hall–Kier alpha value is -3.71. The highest BCUT2D eigenvalue weighted by molar-refractivity contribution is 6.00. The van der Waals surface area contributed by atoms with Gasteiger partial charge in [-0.3, -0.25) is 24.0 Å². The van der Waals surface area contributed by atoms with Crippen molar-refractivity contribution in [3.8, 4) is 0 Å². The fourth-order valence-corrected chi connectivity index (χ4v) is 6.60. The Labute approximate surface area is 288 Å². The summed E-state index contributed by atoms with van der Waals surface area (Å²) in [7, 11) is 1.71. The molecule has 13 heteroatoms. The summed E-state index contributed by atoms with van der Waals surface area (Å²) in [6.07, 6.45) is 4.32. The van der Waals surface area contributed by atoms with E-state index in [2.05, 4.69) is 16.3 Å². The van der Waals surface area contributed by atoms with Crippen LogP contribution in [0.15, 0.2) is 23.0 Å². The zero-order valence-electron chi connectivity index (χ0n) is 30.3. The lowest BCUT2D eigenvalue weighted by atomic mass is 9.89. The van der Waals surface area contributed by atoms with Crippen molar-refractivity contribution in [2.45, 2.75) is 129 Å². The molecule has 2 atom stereocenters. The van der Waals surface area contributed by atoms with Crippen molar-refractivity contribution in [1.82, 2.24) is 24.3 Å². The number of imide groups is 2. The lowest BCUT2D eigenvalue weighted by Crippen LogP contribution is -2.44. The van der Waals surface area contributed by atoms with Crippen molar-refractivity contribution in [2.24, 2.45) is 7.05 Å². The molecule has 2 fully saturated rings. The normalized spacial score (nSPS) is 18.7. The van der Waals surface area contributed by atoms with Gasteiger partial charge in [-0.1, -0.05) is 25.3 Å². The molecule has 0 spiro atoms. The number of likely N-dealkylation sites (tertiary alicyclic amines) is 1. The molecule has 4 amide bonds. The van der Waals surface area contributed by atoms with Crippen LogP contribution in [0, 0.1) is 0 Å². The first-order chi connectivity index (χ1) is 22.9. The molecule has 4 rings (SSSR count). The van der Waals surface area contributed by atoms with Crippen LogP contribution in [0.4, 0.5) is 9.59 Å². The Kier molecular flexibility index (Phi) is 12.3. The Morgan fingerprint density at radius 2 is 1.53 bits per heavy atom. The summed E-state index contributed by atoms with van der Waals surface area (Å²) in [4.78, 5) is 65.9. The van der Waals surface area contributed by atoms with Crippen LogP contribution in [0.1, 0.15) is 117 Å². The van der Waals surface area contributed by atoms with Gasteiger partial charge in [0.25, 0.3) is 0 Å². The van der Waals surface area contributed by atoms with Crippen molar-refractivity contribution in [1.29, 1.82) is 0 Å². The van der Waals surface area contributed by atoms with Crippen LogP contribution in [-0.4, -0.2) is 91.5 Å².